The van der Waals surface area contributed by atoms with E-state index in [0.29, 0.717) is 18.8 Å². The van der Waals surface area contributed by atoms with Crippen molar-refractivity contribution in [3.63, 3.8) is 0 Å². The molecule has 4 bridgehead atoms. The molecule has 5 rings (SSSR count). The van der Waals surface area contributed by atoms with Gasteiger partial charge in [0.2, 0.25) is 0 Å². The highest BCUT2D eigenvalue weighted by atomic mass is 16.2. The molecule has 1 atom stereocenters. The molecule has 2 N–H and O–H groups in total. The van der Waals surface area contributed by atoms with Gasteiger partial charge in [-0.1, -0.05) is 35.5 Å². The number of pyridine rings is 1. The summed E-state index contributed by atoms with van der Waals surface area (Å²) in [7, 11) is 1.87. The molecule has 0 fully saturated rings. The Kier molecular flexibility index (Phi) is 3.78. The summed E-state index contributed by atoms with van der Waals surface area (Å²) in [6, 6.07) is 11.1. The number of hydrogen-bond acceptors (Lipinski definition) is 5. The van der Waals surface area contributed by atoms with Crippen molar-refractivity contribution in [2.24, 2.45) is 7.05 Å². The Bertz CT molecular complexity index is 1160. The second kappa shape index (κ2) is 6.45. The predicted molar refractivity (Wildman–Crippen MR) is 103 cm³/mol. The maximum Gasteiger partial charge on any atom is 0.320 e. The Balaban J connectivity index is 1.60. The van der Waals surface area contributed by atoms with E-state index in [0.717, 1.165) is 27.9 Å². The Morgan fingerprint density at radius 3 is 2.93 bits per heavy atom. The van der Waals surface area contributed by atoms with Crippen molar-refractivity contribution in [3.8, 4) is 0 Å². The van der Waals surface area contributed by atoms with E-state index in [1.807, 2.05) is 49.6 Å². The average Bonchev–Trinajstić information content (AvgIpc) is 3.28. The van der Waals surface area contributed by atoms with Crippen LogP contribution in [0.5, 0.6) is 0 Å². The van der Waals surface area contributed by atoms with Crippen LogP contribution in [0.4, 0.5) is 10.6 Å². The highest BCUT2D eigenvalue weighted by molar-refractivity contribution is 5.92. The fourth-order valence-corrected chi connectivity index (χ4v) is 3.59. The number of rotatable bonds is 1. The molecule has 4 aromatic rings. The molecule has 0 aliphatic carbocycles. The minimum absolute atomic E-state index is 0.229. The second-order valence-corrected chi connectivity index (χ2v) is 6.83. The molecule has 3 aromatic heterocycles. The van der Waals surface area contributed by atoms with Gasteiger partial charge in [0.05, 0.1) is 35.7 Å². The molecule has 28 heavy (non-hydrogen) atoms. The van der Waals surface area contributed by atoms with Gasteiger partial charge < -0.3 is 5.32 Å². The van der Waals surface area contributed by atoms with Crippen molar-refractivity contribution >= 4 is 22.8 Å². The number of carbonyl (C=O) groups excluding carboxylic acids is 1. The van der Waals surface area contributed by atoms with Crippen molar-refractivity contribution in [1.29, 1.82) is 0 Å². The first kappa shape index (κ1) is 16.4. The van der Waals surface area contributed by atoms with Crippen LogP contribution in [0, 0.1) is 0 Å². The van der Waals surface area contributed by atoms with Crippen LogP contribution in [0.25, 0.3) is 10.9 Å². The van der Waals surface area contributed by atoms with Crippen molar-refractivity contribution in [3.05, 3.63) is 65.7 Å². The Labute approximate surface area is 160 Å². The summed E-state index contributed by atoms with van der Waals surface area (Å²) in [6.07, 6.45) is 4.20. The maximum absolute atomic E-state index is 12.7. The number of hydrogen-bond donors (Lipinski definition) is 2. The quantitative estimate of drug-likeness (QED) is 0.531. The number of carbonyl (C=O) groups is 1. The van der Waals surface area contributed by atoms with E-state index in [1.54, 1.807) is 15.6 Å². The molecule has 1 aliphatic heterocycles. The van der Waals surface area contributed by atoms with E-state index < -0.39 is 0 Å². The Morgan fingerprint density at radius 1 is 1.21 bits per heavy atom. The smallest absolute Gasteiger partial charge is 0.320 e. The van der Waals surface area contributed by atoms with E-state index in [9.17, 15) is 4.79 Å². The first-order valence-electron chi connectivity index (χ1n) is 8.99. The van der Waals surface area contributed by atoms with Gasteiger partial charge in [0.25, 0.3) is 0 Å². The lowest BCUT2D eigenvalue weighted by atomic mass is 10.0. The number of amides is 2. The lowest BCUT2D eigenvalue weighted by Crippen LogP contribution is -2.34. The normalized spacial score (nSPS) is 16.8. The van der Waals surface area contributed by atoms with Crippen LogP contribution in [0.3, 0.4) is 0 Å². The number of urea groups is 1. The van der Waals surface area contributed by atoms with E-state index in [-0.39, 0.29) is 12.1 Å². The molecule has 0 saturated carbocycles. The van der Waals surface area contributed by atoms with E-state index >= 15 is 0 Å². The van der Waals surface area contributed by atoms with Crippen LogP contribution in [0.1, 0.15) is 23.0 Å². The summed E-state index contributed by atoms with van der Waals surface area (Å²) in [6.45, 7) is 0.441. The van der Waals surface area contributed by atoms with Gasteiger partial charge in [-0.15, -0.1) is 5.10 Å². The number of nitrogens with one attached hydrogen (secondary N) is 2. The average molecular weight is 374 g/mol. The highest BCUT2D eigenvalue weighted by Crippen LogP contribution is 2.23. The molecule has 2 amide bonds. The van der Waals surface area contributed by atoms with Gasteiger partial charge in [-0.05, 0) is 11.6 Å². The zero-order valence-corrected chi connectivity index (χ0v) is 15.2. The van der Waals surface area contributed by atoms with Gasteiger partial charge in [-0.3, -0.25) is 10.00 Å². The summed E-state index contributed by atoms with van der Waals surface area (Å²) in [5.41, 5.74) is 3.47. The minimum Gasteiger partial charge on any atom is -0.331 e. The maximum atomic E-state index is 12.7. The summed E-state index contributed by atoms with van der Waals surface area (Å²) in [5.74, 6) is 0.473. The standard InChI is InChI=1S/C19H18N8O/c1-26-18-13(9-20-26)7-17-21-16(18)11-27-10-14(24-25-27)8-15(22-19(28)23-17)12-5-3-2-4-6-12/h2-7,9-10,15H,8,11H2,1H3,(H2,21,22,23,28)/t15-/m1/s1. The van der Waals surface area contributed by atoms with Crippen LogP contribution in [-0.2, 0) is 20.0 Å². The van der Waals surface area contributed by atoms with Gasteiger partial charge >= 0.3 is 6.03 Å². The first-order chi connectivity index (χ1) is 13.7. The Hall–Kier alpha value is -3.75. The molecule has 9 nitrogen and oxygen atoms in total. The van der Waals surface area contributed by atoms with Gasteiger partial charge in [0, 0.05) is 25.1 Å². The Morgan fingerprint density at radius 2 is 2.07 bits per heavy atom. The molecular weight excluding hydrogens is 356 g/mol. The van der Waals surface area contributed by atoms with Gasteiger partial charge in [-0.2, -0.15) is 5.10 Å². The number of benzene rings is 1. The molecule has 0 unspecified atom stereocenters. The number of nitrogens with zero attached hydrogens (tertiary/aromatic N) is 6. The monoisotopic (exact) mass is 374 g/mol. The molecule has 0 radical (unpaired) electrons. The zero-order valence-electron chi connectivity index (χ0n) is 15.2. The summed E-state index contributed by atoms with van der Waals surface area (Å²) < 4.78 is 3.54. The summed E-state index contributed by atoms with van der Waals surface area (Å²) in [4.78, 5) is 17.3. The van der Waals surface area contributed by atoms with Crippen molar-refractivity contribution in [2.45, 2.75) is 19.0 Å². The molecule has 0 saturated heterocycles. The summed E-state index contributed by atoms with van der Waals surface area (Å²) >= 11 is 0. The van der Waals surface area contributed by atoms with Crippen molar-refractivity contribution in [1.82, 2.24) is 35.1 Å². The molecule has 0 spiro atoms. The fourth-order valence-electron chi connectivity index (χ4n) is 3.59. The van der Waals surface area contributed by atoms with E-state index in [1.165, 1.54) is 0 Å². The van der Waals surface area contributed by atoms with Crippen LogP contribution in [-0.4, -0.2) is 35.8 Å². The molecule has 1 aromatic carbocycles. The van der Waals surface area contributed by atoms with Crippen LogP contribution < -0.4 is 10.6 Å². The topological polar surface area (TPSA) is 103 Å². The number of aryl methyl sites for hydroxylation is 1. The summed E-state index contributed by atoms with van der Waals surface area (Å²) in [5, 5.41) is 19.6. The molecule has 1 aliphatic rings. The fraction of sp³-hybridized carbons (Fsp3) is 0.211. The highest BCUT2D eigenvalue weighted by Gasteiger charge is 2.20. The first-order valence-corrected chi connectivity index (χ1v) is 8.99. The zero-order chi connectivity index (χ0) is 19.1. The van der Waals surface area contributed by atoms with Crippen LogP contribution in [0.15, 0.2) is 48.8 Å². The minimum atomic E-state index is -0.316. The van der Waals surface area contributed by atoms with E-state index in [4.69, 9.17) is 0 Å². The molecular formula is C19H18N8O. The lowest BCUT2D eigenvalue weighted by molar-refractivity contribution is 0.248. The largest absolute Gasteiger partial charge is 0.331 e. The van der Waals surface area contributed by atoms with Crippen molar-refractivity contribution in [2.75, 3.05) is 5.32 Å². The van der Waals surface area contributed by atoms with Gasteiger partial charge in [0.15, 0.2) is 0 Å². The van der Waals surface area contributed by atoms with Crippen LogP contribution >= 0.6 is 0 Å². The van der Waals surface area contributed by atoms with Gasteiger partial charge in [-0.25, -0.2) is 14.5 Å². The third kappa shape index (κ3) is 2.96. The number of fused-ring (bicyclic) bond motifs is 6. The number of aromatic nitrogens is 6. The van der Waals surface area contributed by atoms with E-state index in [2.05, 4.69) is 31.0 Å². The second-order valence-electron chi connectivity index (χ2n) is 6.83. The van der Waals surface area contributed by atoms with Gasteiger partial charge in [0.1, 0.15) is 5.82 Å². The third-order valence-corrected chi connectivity index (χ3v) is 4.85. The SMILES string of the molecule is Cn1ncc2cc3nc(c21)Cn1cc(nn1)C[C@H](c1ccccc1)NC(=O)N3. The molecule has 4 heterocycles. The third-order valence-electron chi connectivity index (χ3n) is 4.85. The number of anilines is 1. The lowest BCUT2D eigenvalue weighted by Gasteiger charge is -2.19. The van der Waals surface area contributed by atoms with Crippen LogP contribution in [0.2, 0.25) is 0 Å². The predicted octanol–water partition coefficient (Wildman–Crippen LogP) is 2.03. The van der Waals surface area contributed by atoms with Crippen molar-refractivity contribution < 1.29 is 4.79 Å². The molecule has 9 heteroatoms. The molecule has 140 valence electrons.